The molecule has 134 valence electrons. The van der Waals surface area contributed by atoms with Crippen LogP contribution in [0.15, 0.2) is 24.3 Å². The Morgan fingerprint density at radius 3 is 2.52 bits per heavy atom. The van der Waals surface area contributed by atoms with Crippen molar-refractivity contribution in [3.8, 4) is 0 Å². The molecule has 3 fully saturated rings. The topological polar surface area (TPSA) is 72.6 Å². The van der Waals surface area contributed by atoms with Gasteiger partial charge in [0.1, 0.15) is 6.10 Å². The highest BCUT2D eigenvalue weighted by Crippen LogP contribution is 2.46. The maximum Gasteiger partial charge on any atom is 0.338 e. The molecule has 3 aliphatic rings. The molecule has 1 saturated heterocycles. The van der Waals surface area contributed by atoms with Crippen molar-refractivity contribution in [2.75, 3.05) is 18.0 Å². The Morgan fingerprint density at radius 1 is 1.08 bits per heavy atom. The van der Waals surface area contributed by atoms with E-state index in [0.717, 1.165) is 37.4 Å². The van der Waals surface area contributed by atoms with Crippen molar-refractivity contribution < 1.29 is 14.3 Å². The number of carbonyl (C=O) groups is 2. The van der Waals surface area contributed by atoms with Crippen LogP contribution in [-0.4, -0.2) is 31.1 Å². The number of nitrogens with two attached hydrogens (primary N) is 1. The number of primary amides is 1. The quantitative estimate of drug-likeness (QED) is 0.854. The van der Waals surface area contributed by atoms with E-state index >= 15 is 0 Å². The molecule has 1 aromatic rings. The summed E-state index contributed by atoms with van der Waals surface area (Å²) >= 11 is 0. The molecule has 2 N–H and O–H groups in total. The van der Waals surface area contributed by atoms with Gasteiger partial charge >= 0.3 is 5.97 Å². The fourth-order valence-corrected chi connectivity index (χ4v) is 4.79. The predicted octanol–water partition coefficient (Wildman–Crippen LogP) is 2.73. The molecule has 1 aromatic carbocycles. The summed E-state index contributed by atoms with van der Waals surface area (Å²) in [7, 11) is 0. The third kappa shape index (κ3) is 3.37. The molecule has 2 saturated carbocycles. The van der Waals surface area contributed by atoms with Gasteiger partial charge in [-0.3, -0.25) is 4.79 Å². The van der Waals surface area contributed by atoms with Crippen molar-refractivity contribution in [3.63, 3.8) is 0 Å². The number of fused-ring (bicyclic) bond motifs is 2. The van der Waals surface area contributed by atoms with E-state index in [2.05, 4.69) is 4.90 Å². The van der Waals surface area contributed by atoms with Crippen LogP contribution in [0, 0.1) is 17.8 Å². The zero-order chi connectivity index (χ0) is 17.4. The van der Waals surface area contributed by atoms with E-state index in [9.17, 15) is 9.59 Å². The summed E-state index contributed by atoms with van der Waals surface area (Å²) in [6.45, 7) is 1.57. The van der Waals surface area contributed by atoms with Crippen LogP contribution in [0.4, 0.5) is 5.69 Å². The lowest BCUT2D eigenvalue weighted by Gasteiger charge is -2.33. The number of amides is 1. The van der Waals surface area contributed by atoms with Crippen LogP contribution in [0.3, 0.4) is 0 Å². The minimum atomic E-state index is -0.226. The molecule has 5 heteroatoms. The number of rotatable bonds is 4. The molecule has 1 amide bonds. The standard InChI is InChI=1S/C20H26N2O3/c21-19(23)16-2-1-9-22(12-16)17-7-5-14(6-8-17)20(24)25-18-11-13-3-4-15(18)10-13/h5-8,13,15-16,18H,1-4,9-12H2,(H2,21,23)/t13-,15-,16+,18-/m0/s1. The molecule has 25 heavy (non-hydrogen) atoms. The van der Waals surface area contributed by atoms with E-state index < -0.39 is 0 Å². The molecular weight excluding hydrogens is 316 g/mol. The number of ether oxygens (including phenoxy) is 1. The summed E-state index contributed by atoms with van der Waals surface area (Å²) in [5.41, 5.74) is 7.08. The first kappa shape index (κ1) is 16.4. The van der Waals surface area contributed by atoms with Gasteiger partial charge in [-0.15, -0.1) is 0 Å². The maximum atomic E-state index is 12.4. The third-order valence-electron chi connectivity index (χ3n) is 6.22. The summed E-state index contributed by atoms with van der Waals surface area (Å²) < 4.78 is 5.75. The first-order valence-electron chi connectivity index (χ1n) is 9.45. The van der Waals surface area contributed by atoms with E-state index in [1.807, 2.05) is 24.3 Å². The average molecular weight is 342 g/mol. The smallest absolute Gasteiger partial charge is 0.338 e. The van der Waals surface area contributed by atoms with Crippen LogP contribution in [0.25, 0.3) is 0 Å². The number of piperidine rings is 1. The molecule has 1 aliphatic heterocycles. The normalized spacial score (nSPS) is 31.1. The summed E-state index contributed by atoms with van der Waals surface area (Å²) in [5.74, 6) is 0.819. The molecule has 0 radical (unpaired) electrons. The van der Waals surface area contributed by atoms with Crippen molar-refractivity contribution in [1.82, 2.24) is 0 Å². The van der Waals surface area contributed by atoms with Gasteiger partial charge in [-0.25, -0.2) is 4.79 Å². The second-order valence-corrected chi connectivity index (χ2v) is 7.85. The zero-order valence-electron chi connectivity index (χ0n) is 14.5. The molecule has 5 nitrogen and oxygen atoms in total. The number of hydrogen-bond donors (Lipinski definition) is 1. The molecule has 4 atom stereocenters. The Balaban J connectivity index is 1.38. The second kappa shape index (κ2) is 6.70. The van der Waals surface area contributed by atoms with Crippen LogP contribution in [0.1, 0.15) is 48.9 Å². The van der Waals surface area contributed by atoms with Crippen molar-refractivity contribution in [2.45, 2.75) is 44.6 Å². The lowest BCUT2D eigenvalue weighted by Crippen LogP contribution is -2.41. The molecular formula is C20H26N2O3. The van der Waals surface area contributed by atoms with E-state index in [1.165, 1.54) is 19.3 Å². The van der Waals surface area contributed by atoms with E-state index in [1.54, 1.807) is 0 Å². The van der Waals surface area contributed by atoms with E-state index in [0.29, 0.717) is 18.0 Å². The zero-order valence-corrected chi connectivity index (χ0v) is 14.5. The SMILES string of the molecule is NC(=O)[C@@H]1CCCN(c2ccc(C(=O)O[C@H]3C[C@H]4CC[C@H]3C4)cc2)C1. The highest BCUT2D eigenvalue weighted by Gasteiger charge is 2.41. The third-order valence-corrected chi connectivity index (χ3v) is 6.22. The number of nitrogens with zero attached hydrogens (tertiary/aromatic N) is 1. The second-order valence-electron chi connectivity index (χ2n) is 7.85. The van der Waals surface area contributed by atoms with Gasteiger partial charge in [-0.2, -0.15) is 0 Å². The highest BCUT2D eigenvalue weighted by atomic mass is 16.5. The summed E-state index contributed by atoms with van der Waals surface area (Å²) in [4.78, 5) is 26.0. The number of carbonyl (C=O) groups excluding carboxylic acids is 2. The Labute approximate surface area is 148 Å². The van der Waals surface area contributed by atoms with Crippen LogP contribution in [-0.2, 0) is 9.53 Å². The van der Waals surface area contributed by atoms with Crippen molar-refractivity contribution in [1.29, 1.82) is 0 Å². The van der Waals surface area contributed by atoms with Gasteiger partial charge in [-0.1, -0.05) is 0 Å². The molecule has 2 bridgehead atoms. The molecule has 0 unspecified atom stereocenters. The molecule has 1 heterocycles. The van der Waals surface area contributed by atoms with Crippen LogP contribution in [0.2, 0.25) is 0 Å². The molecule has 0 aromatic heterocycles. The molecule has 4 rings (SSSR count). The molecule has 0 spiro atoms. The monoisotopic (exact) mass is 342 g/mol. The van der Waals surface area contributed by atoms with Crippen LogP contribution < -0.4 is 10.6 Å². The Bertz CT molecular complexity index is 657. The largest absolute Gasteiger partial charge is 0.458 e. The van der Waals surface area contributed by atoms with Gasteiger partial charge in [0.2, 0.25) is 5.91 Å². The summed E-state index contributed by atoms with van der Waals surface area (Å²) in [6.07, 6.45) is 6.71. The first-order chi connectivity index (χ1) is 12.1. The first-order valence-corrected chi connectivity index (χ1v) is 9.45. The fourth-order valence-electron chi connectivity index (χ4n) is 4.79. The minimum Gasteiger partial charge on any atom is -0.458 e. The average Bonchev–Trinajstić information content (AvgIpc) is 3.25. The van der Waals surface area contributed by atoms with Gasteiger partial charge < -0.3 is 15.4 Å². The molecule has 2 aliphatic carbocycles. The number of hydrogen-bond acceptors (Lipinski definition) is 4. The van der Waals surface area contributed by atoms with Gasteiger partial charge in [0.15, 0.2) is 0 Å². The Hall–Kier alpha value is -2.04. The van der Waals surface area contributed by atoms with Crippen LogP contribution >= 0.6 is 0 Å². The Morgan fingerprint density at radius 2 is 1.88 bits per heavy atom. The van der Waals surface area contributed by atoms with Gasteiger partial charge in [0, 0.05) is 18.8 Å². The fraction of sp³-hybridized carbons (Fsp3) is 0.600. The summed E-state index contributed by atoms with van der Waals surface area (Å²) in [5, 5.41) is 0. The van der Waals surface area contributed by atoms with Crippen molar-refractivity contribution in [3.05, 3.63) is 29.8 Å². The number of anilines is 1. The lowest BCUT2D eigenvalue weighted by molar-refractivity contribution is -0.122. The highest BCUT2D eigenvalue weighted by molar-refractivity contribution is 5.90. The van der Waals surface area contributed by atoms with Gasteiger partial charge in [0.05, 0.1) is 11.5 Å². The Kier molecular flexibility index (Phi) is 4.40. The maximum absolute atomic E-state index is 12.4. The lowest BCUT2D eigenvalue weighted by atomic mass is 9.97. The minimum absolute atomic E-state index is 0.0869. The predicted molar refractivity (Wildman–Crippen MR) is 95.2 cm³/mol. The van der Waals surface area contributed by atoms with Gasteiger partial charge in [0.25, 0.3) is 0 Å². The van der Waals surface area contributed by atoms with Gasteiger partial charge in [-0.05, 0) is 74.6 Å². The van der Waals surface area contributed by atoms with E-state index in [-0.39, 0.29) is 23.9 Å². The van der Waals surface area contributed by atoms with E-state index in [4.69, 9.17) is 10.5 Å². The summed E-state index contributed by atoms with van der Waals surface area (Å²) in [6, 6.07) is 7.55. The number of esters is 1. The van der Waals surface area contributed by atoms with Crippen LogP contribution in [0.5, 0.6) is 0 Å². The van der Waals surface area contributed by atoms with Crippen molar-refractivity contribution in [2.24, 2.45) is 23.5 Å². The number of benzene rings is 1. The van der Waals surface area contributed by atoms with Crippen molar-refractivity contribution >= 4 is 17.6 Å².